The lowest BCUT2D eigenvalue weighted by atomic mass is 10.0. The molecule has 0 N–H and O–H groups in total. The van der Waals surface area contributed by atoms with E-state index in [-0.39, 0.29) is 5.97 Å². The Kier molecular flexibility index (Phi) is 4.33. The minimum absolute atomic E-state index is 0.286. The Balaban J connectivity index is 1.81. The number of nitrogens with zero attached hydrogens (tertiary/aromatic N) is 2. The summed E-state index contributed by atoms with van der Waals surface area (Å²) in [6.07, 6.45) is 1.03. The van der Waals surface area contributed by atoms with E-state index >= 15 is 0 Å². The van der Waals surface area contributed by atoms with Gasteiger partial charge in [-0.1, -0.05) is 36.4 Å². The molecule has 132 valence electrons. The molecule has 26 heavy (non-hydrogen) atoms. The first-order chi connectivity index (χ1) is 12.7. The summed E-state index contributed by atoms with van der Waals surface area (Å²) in [6.45, 7) is 5.72. The lowest BCUT2D eigenvalue weighted by molar-refractivity contribution is 0.0524. The maximum atomic E-state index is 12.7. The zero-order valence-electron chi connectivity index (χ0n) is 15.2. The van der Waals surface area contributed by atoms with Crippen LogP contribution in [-0.2, 0) is 17.7 Å². The van der Waals surface area contributed by atoms with Crippen LogP contribution >= 0.6 is 0 Å². The Morgan fingerprint density at radius 3 is 2.77 bits per heavy atom. The molecule has 4 heteroatoms. The average molecular weight is 346 g/mol. The predicted molar refractivity (Wildman–Crippen MR) is 104 cm³/mol. The summed E-state index contributed by atoms with van der Waals surface area (Å²) in [7, 11) is 0. The van der Waals surface area contributed by atoms with Crippen LogP contribution in [-0.4, -0.2) is 24.1 Å². The molecule has 1 aromatic heterocycles. The summed E-state index contributed by atoms with van der Waals surface area (Å²) < 4.78 is 5.33. The largest absolute Gasteiger partial charge is 0.462 e. The Labute approximate surface area is 153 Å². The number of aryl methyl sites for hydroxylation is 1. The Bertz CT molecular complexity index is 981. The number of esters is 1. The van der Waals surface area contributed by atoms with Gasteiger partial charge in [-0.2, -0.15) is 0 Å². The van der Waals surface area contributed by atoms with Crippen molar-refractivity contribution >= 4 is 22.6 Å². The van der Waals surface area contributed by atoms with E-state index in [2.05, 4.69) is 29.2 Å². The molecule has 1 aliphatic rings. The number of carbonyl (C=O) groups is 1. The summed E-state index contributed by atoms with van der Waals surface area (Å²) in [5, 5.41) is 1.00. The summed E-state index contributed by atoms with van der Waals surface area (Å²) in [6, 6.07) is 16.4. The molecule has 3 aromatic rings. The van der Waals surface area contributed by atoms with Gasteiger partial charge in [0.1, 0.15) is 0 Å². The maximum Gasteiger partial charge on any atom is 0.340 e. The first-order valence-corrected chi connectivity index (χ1v) is 9.07. The van der Waals surface area contributed by atoms with Gasteiger partial charge >= 0.3 is 5.97 Å². The lowest BCUT2D eigenvalue weighted by Crippen LogP contribution is -2.23. The van der Waals surface area contributed by atoms with Crippen molar-refractivity contribution in [3.63, 3.8) is 0 Å². The molecular formula is C22H22N2O2. The Hall–Kier alpha value is -2.88. The van der Waals surface area contributed by atoms with Crippen LogP contribution in [0.25, 0.3) is 10.9 Å². The standard InChI is InChI=1S/C22H22N2O2/c1-3-26-22(25)21-15(2)17-9-5-6-10-18(17)23-19(21)14-24-13-12-16-8-4-7-11-20(16)24/h4-11H,3,12-14H2,1-2H3. The van der Waals surface area contributed by atoms with Crippen molar-refractivity contribution in [3.8, 4) is 0 Å². The highest BCUT2D eigenvalue weighted by molar-refractivity contribution is 5.98. The number of benzene rings is 2. The first kappa shape index (κ1) is 16.6. The fourth-order valence-electron chi connectivity index (χ4n) is 3.78. The highest BCUT2D eigenvalue weighted by atomic mass is 16.5. The summed E-state index contributed by atoms with van der Waals surface area (Å²) >= 11 is 0. The van der Waals surface area contributed by atoms with Crippen LogP contribution in [0.15, 0.2) is 48.5 Å². The molecule has 0 radical (unpaired) electrons. The average Bonchev–Trinajstić information content (AvgIpc) is 3.05. The number of para-hydroxylation sites is 2. The summed E-state index contributed by atoms with van der Waals surface area (Å²) in [4.78, 5) is 19.8. The molecule has 0 amide bonds. The monoisotopic (exact) mass is 346 g/mol. The third-order valence-corrected chi connectivity index (χ3v) is 5.03. The van der Waals surface area contributed by atoms with E-state index < -0.39 is 0 Å². The molecule has 0 fully saturated rings. The molecule has 0 aliphatic carbocycles. The van der Waals surface area contributed by atoms with Gasteiger partial charge in [-0.3, -0.25) is 4.98 Å². The van der Waals surface area contributed by atoms with Crippen LogP contribution in [0.3, 0.4) is 0 Å². The number of hydrogen-bond donors (Lipinski definition) is 0. The molecule has 0 unspecified atom stereocenters. The van der Waals surface area contributed by atoms with Crippen molar-refractivity contribution in [2.75, 3.05) is 18.1 Å². The van der Waals surface area contributed by atoms with Gasteiger partial charge in [0.2, 0.25) is 0 Å². The van der Waals surface area contributed by atoms with Crippen molar-refractivity contribution in [3.05, 3.63) is 70.9 Å². The highest BCUT2D eigenvalue weighted by Crippen LogP contribution is 2.31. The molecule has 4 rings (SSSR count). The predicted octanol–water partition coefficient (Wildman–Crippen LogP) is 4.28. The minimum atomic E-state index is -0.286. The smallest absolute Gasteiger partial charge is 0.340 e. The minimum Gasteiger partial charge on any atom is -0.462 e. The molecule has 2 aromatic carbocycles. The molecule has 0 bridgehead atoms. The lowest BCUT2D eigenvalue weighted by Gasteiger charge is -2.21. The van der Waals surface area contributed by atoms with Crippen LogP contribution in [0.2, 0.25) is 0 Å². The van der Waals surface area contributed by atoms with Gasteiger partial charge in [0.05, 0.1) is 29.9 Å². The van der Waals surface area contributed by atoms with Crippen molar-refractivity contribution in [2.24, 2.45) is 0 Å². The van der Waals surface area contributed by atoms with E-state index in [4.69, 9.17) is 9.72 Å². The van der Waals surface area contributed by atoms with Gasteiger partial charge < -0.3 is 9.64 Å². The number of carbonyl (C=O) groups excluding carboxylic acids is 1. The molecule has 4 nitrogen and oxygen atoms in total. The molecule has 0 atom stereocenters. The number of pyridine rings is 1. The van der Waals surface area contributed by atoms with Crippen molar-refractivity contribution in [1.82, 2.24) is 4.98 Å². The van der Waals surface area contributed by atoms with Crippen molar-refractivity contribution < 1.29 is 9.53 Å². The second-order valence-corrected chi connectivity index (χ2v) is 6.60. The van der Waals surface area contributed by atoms with Gasteiger partial charge in [0.15, 0.2) is 0 Å². The fraction of sp³-hybridized carbons (Fsp3) is 0.273. The van der Waals surface area contributed by atoms with Gasteiger partial charge in [-0.15, -0.1) is 0 Å². The van der Waals surface area contributed by atoms with Gasteiger partial charge in [-0.25, -0.2) is 4.79 Å². The van der Waals surface area contributed by atoms with Crippen LogP contribution in [0, 0.1) is 6.92 Å². The Morgan fingerprint density at radius 1 is 1.15 bits per heavy atom. The number of anilines is 1. The quantitative estimate of drug-likeness (QED) is 0.661. The normalized spacial score (nSPS) is 13.1. The molecule has 0 saturated carbocycles. The number of rotatable bonds is 4. The summed E-state index contributed by atoms with van der Waals surface area (Å²) in [5.74, 6) is -0.286. The second kappa shape index (κ2) is 6.79. The molecule has 2 heterocycles. The maximum absolute atomic E-state index is 12.7. The van der Waals surface area contributed by atoms with E-state index in [1.165, 1.54) is 11.3 Å². The van der Waals surface area contributed by atoms with Crippen LogP contribution in [0.1, 0.15) is 34.1 Å². The first-order valence-electron chi connectivity index (χ1n) is 9.07. The van der Waals surface area contributed by atoms with E-state index in [1.807, 2.05) is 38.1 Å². The zero-order chi connectivity index (χ0) is 18.1. The SMILES string of the molecule is CCOC(=O)c1c(CN2CCc3ccccc32)nc2ccccc2c1C. The van der Waals surface area contributed by atoms with Crippen LogP contribution in [0.5, 0.6) is 0 Å². The summed E-state index contributed by atoms with van der Waals surface area (Å²) in [5.41, 5.74) is 5.83. The van der Waals surface area contributed by atoms with Gasteiger partial charge in [-0.05, 0) is 43.5 Å². The van der Waals surface area contributed by atoms with Crippen molar-refractivity contribution in [2.45, 2.75) is 26.8 Å². The fourth-order valence-corrected chi connectivity index (χ4v) is 3.78. The van der Waals surface area contributed by atoms with Crippen LogP contribution < -0.4 is 4.90 Å². The van der Waals surface area contributed by atoms with E-state index in [1.54, 1.807) is 0 Å². The highest BCUT2D eigenvalue weighted by Gasteiger charge is 2.24. The third-order valence-electron chi connectivity index (χ3n) is 5.03. The Morgan fingerprint density at radius 2 is 1.92 bits per heavy atom. The number of aromatic nitrogens is 1. The van der Waals surface area contributed by atoms with Crippen LogP contribution in [0.4, 0.5) is 5.69 Å². The topological polar surface area (TPSA) is 42.4 Å². The number of hydrogen-bond acceptors (Lipinski definition) is 4. The molecular weight excluding hydrogens is 324 g/mol. The zero-order valence-corrected chi connectivity index (χ0v) is 15.2. The molecule has 1 aliphatic heterocycles. The van der Waals surface area contributed by atoms with Gasteiger partial charge in [0, 0.05) is 17.6 Å². The van der Waals surface area contributed by atoms with E-state index in [0.29, 0.717) is 18.7 Å². The van der Waals surface area contributed by atoms with E-state index in [0.717, 1.165) is 35.1 Å². The number of ether oxygens (including phenoxy) is 1. The molecule has 0 saturated heterocycles. The third kappa shape index (κ3) is 2.81. The van der Waals surface area contributed by atoms with Crippen molar-refractivity contribution in [1.29, 1.82) is 0 Å². The van der Waals surface area contributed by atoms with E-state index in [9.17, 15) is 4.79 Å². The van der Waals surface area contributed by atoms with Gasteiger partial charge in [0.25, 0.3) is 0 Å². The molecule has 0 spiro atoms. The second-order valence-electron chi connectivity index (χ2n) is 6.60. The number of fused-ring (bicyclic) bond motifs is 2.